The van der Waals surface area contributed by atoms with Crippen molar-refractivity contribution in [2.24, 2.45) is 0 Å². The molecule has 0 spiro atoms. The third-order valence-corrected chi connectivity index (χ3v) is 3.07. The highest BCUT2D eigenvalue weighted by Gasteiger charge is 2.05. The Labute approximate surface area is 111 Å². The van der Waals surface area contributed by atoms with Crippen LogP contribution >= 0.6 is 11.5 Å². The van der Waals surface area contributed by atoms with Gasteiger partial charge < -0.3 is 10.1 Å². The minimum absolute atomic E-state index is 0.611. The fourth-order valence-corrected chi connectivity index (χ4v) is 2.18. The van der Waals surface area contributed by atoms with Gasteiger partial charge >= 0.3 is 0 Å². The lowest BCUT2D eigenvalue weighted by molar-refractivity contribution is 0.476. The molecule has 0 amide bonds. The standard InChI is InChI=1S/C13H17N3OS/c1-3-4-12-15-13(18-16-12)17-11-7-5-10(6-8-11)9-14-2/h5-8,14H,3-4,9H2,1-2H3. The van der Waals surface area contributed by atoms with E-state index in [1.54, 1.807) is 0 Å². The second-order valence-corrected chi connectivity index (χ2v) is 4.72. The monoisotopic (exact) mass is 263 g/mol. The Morgan fingerprint density at radius 3 is 2.72 bits per heavy atom. The van der Waals surface area contributed by atoms with Gasteiger partial charge in [-0.15, -0.1) is 0 Å². The van der Waals surface area contributed by atoms with Gasteiger partial charge in [-0.1, -0.05) is 19.1 Å². The Balaban J connectivity index is 1.99. The van der Waals surface area contributed by atoms with Gasteiger partial charge in [0.05, 0.1) is 0 Å². The molecule has 0 fully saturated rings. The van der Waals surface area contributed by atoms with Crippen molar-refractivity contribution in [3.63, 3.8) is 0 Å². The summed E-state index contributed by atoms with van der Waals surface area (Å²) < 4.78 is 9.91. The van der Waals surface area contributed by atoms with Crippen LogP contribution in [-0.4, -0.2) is 16.4 Å². The van der Waals surface area contributed by atoms with Crippen LogP contribution in [0.4, 0.5) is 0 Å². The van der Waals surface area contributed by atoms with Gasteiger partial charge in [-0.3, -0.25) is 0 Å². The highest BCUT2D eigenvalue weighted by atomic mass is 32.1. The van der Waals surface area contributed by atoms with Crippen molar-refractivity contribution in [1.29, 1.82) is 0 Å². The zero-order valence-electron chi connectivity index (χ0n) is 10.6. The average molecular weight is 263 g/mol. The van der Waals surface area contributed by atoms with Crippen molar-refractivity contribution < 1.29 is 4.74 Å². The van der Waals surface area contributed by atoms with Crippen LogP contribution in [0.2, 0.25) is 0 Å². The van der Waals surface area contributed by atoms with Crippen LogP contribution in [0.15, 0.2) is 24.3 Å². The van der Waals surface area contributed by atoms with Crippen molar-refractivity contribution in [2.75, 3.05) is 7.05 Å². The molecule has 0 unspecified atom stereocenters. The van der Waals surface area contributed by atoms with E-state index < -0.39 is 0 Å². The Hall–Kier alpha value is -1.46. The molecule has 1 aromatic carbocycles. The first kappa shape index (κ1) is 13.0. The second kappa shape index (κ2) is 6.47. The summed E-state index contributed by atoms with van der Waals surface area (Å²) >= 11 is 1.30. The third kappa shape index (κ3) is 3.51. The fraction of sp³-hybridized carbons (Fsp3) is 0.385. The van der Waals surface area contributed by atoms with Crippen molar-refractivity contribution >= 4 is 11.5 Å². The number of nitrogens with one attached hydrogen (secondary N) is 1. The number of hydrogen-bond acceptors (Lipinski definition) is 5. The van der Waals surface area contributed by atoms with Crippen molar-refractivity contribution in [2.45, 2.75) is 26.3 Å². The molecule has 5 heteroatoms. The molecule has 0 aliphatic carbocycles. The van der Waals surface area contributed by atoms with Crippen LogP contribution in [0.3, 0.4) is 0 Å². The van der Waals surface area contributed by atoms with Gasteiger partial charge in [0.15, 0.2) is 0 Å². The normalized spacial score (nSPS) is 10.6. The zero-order valence-corrected chi connectivity index (χ0v) is 11.5. The molecule has 4 nitrogen and oxygen atoms in total. The summed E-state index contributed by atoms with van der Waals surface area (Å²) in [4.78, 5) is 4.33. The summed E-state index contributed by atoms with van der Waals surface area (Å²) in [6.07, 6.45) is 1.95. The first-order valence-electron chi connectivity index (χ1n) is 6.05. The molecule has 1 heterocycles. The maximum atomic E-state index is 5.66. The summed E-state index contributed by atoms with van der Waals surface area (Å²) in [7, 11) is 1.93. The molecule has 2 rings (SSSR count). The number of nitrogens with zero attached hydrogens (tertiary/aromatic N) is 2. The molecule has 0 saturated heterocycles. The summed E-state index contributed by atoms with van der Waals surface area (Å²) in [5.74, 6) is 1.67. The molecule has 2 aromatic rings. The van der Waals surface area contributed by atoms with Crippen LogP contribution < -0.4 is 10.1 Å². The lowest BCUT2D eigenvalue weighted by atomic mass is 10.2. The Morgan fingerprint density at radius 1 is 1.28 bits per heavy atom. The average Bonchev–Trinajstić information content (AvgIpc) is 2.80. The second-order valence-electron chi connectivity index (χ2n) is 4.00. The van der Waals surface area contributed by atoms with E-state index >= 15 is 0 Å². The molecule has 96 valence electrons. The van der Waals surface area contributed by atoms with Crippen molar-refractivity contribution in [1.82, 2.24) is 14.7 Å². The molecule has 0 radical (unpaired) electrons. The van der Waals surface area contributed by atoms with E-state index in [0.717, 1.165) is 31.0 Å². The first-order chi connectivity index (χ1) is 8.81. The number of aromatic nitrogens is 2. The highest BCUT2D eigenvalue weighted by Crippen LogP contribution is 2.23. The van der Waals surface area contributed by atoms with E-state index in [2.05, 4.69) is 21.6 Å². The Kier molecular flexibility index (Phi) is 4.66. The minimum atomic E-state index is 0.611. The predicted molar refractivity (Wildman–Crippen MR) is 73.2 cm³/mol. The predicted octanol–water partition coefficient (Wildman–Crippen LogP) is 3.00. The molecule has 0 aliphatic rings. The van der Waals surface area contributed by atoms with E-state index in [9.17, 15) is 0 Å². The van der Waals surface area contributed by atoms with Crippen LogP contribution in [0, 0.1) is 0 Å². The van der Waals surface area contributed by atoms with E-state index in [1.165, 1.54) is 17.1 Å². The summed E-state index contributed by atoms with van der Waals surface area (Å²) in [6.45, 7) is 2.97. The molecule has 0 saturated carbocycles. The van der Waals surface area contributed by atoms with Crippen LogP contribution in [-0.2, 0) is 13.0 Å². The van der Waals surface area contributed by atoms with Gasteiger partial charge in [0.1, 0.15) is 11.6 Å². The highest BCUT2D eigenvalue weighted by molar-refractivity contribution is 7.07. The molecule has 0 bridgehead atoms. The fourth-order valence-electron chi connectivity index (χ4n) is 1.58. The molecular weight excluding hydrogens is 246 g/mol. The van der Waals surface area contributed by atoms with Crippen LogP contribution in [0.5, 0.6) is 10.9 Å². The maximum Gasteiger partial charge on any atom is 0.298 e. The molecule has 1 aromatic heterocycles. The van der Waals surface area contributed by atoms with E-state index in [-0.39, 0.29) is 0 Å². The van der Waals surface area contributed by atoms with Crippen molar-refractivity contribution in [3.05, 3.63) is 35.7 Å². The van der Waals surface area contributed by atoms with E-state index in [4.69, 9.17) is 4.74 Å². The molecule has 1 N–H and O–H groups in total. The number of benzene rings is 1. The quantitative estimate of drug-likeness (QED) is 0.870. The Bertz CT molecular complexity index is 481. The third-order valence-electron chi connectivity index (χ3n) is 2.43. The Morgan fingerprint density at radius 2 is 2.06 bits per heavy atom. The molecular formula is C13H17N3OS. The van der Waals surface area contributed by atoms with Crippen molar-refractivity contribution in [3.8, 4) is 10.9 Å². The number of hydrogen-bond donors (Lipinski definition) is 1. The number of rotatable bonds is 6. The van der Waals surface area contributed by atoms with Crippen LogP contribution in [0.25, 0.3) is 0 Å². The number of ether oxygens (including phenoxy) is 1. The van der Waals surface area contributed by atoms with Gasteiger partial charge in [0, 0.05) is 24.5 Å². The maximum absolute atomic E-state index is 5.66. The molecule has 18 heavy (non-hydrogen) atoms. The van der Waals surface area contributed by atoms with Gasteiger partial charge in [-0.05, 0) is 31.2 Å². The smallest absolute Gasteiger partial charge is 0.298 e. The minimum Gasteiger partial charge on any atom is -0.430 e. The topological polar surface area (TPSA) is 47.0 Å². The summed E-state index contributed by atoms with van der Waals surface area (Å²) in [6, 6.07) is 7.99. The van der Waals surface area contributed by atoms with E-state index in [0.29, 0.717) is 5.19 Å². The van der Waals surface area contributed by atoms with Gasteiger partial charge in [-0.25, -0.2) is 0 Å². The largest absolute Gasteiger partial charge is 0.430 e. The summed E-state index contributed by atoms with van der Waals surface area (Å²) in [5.41, 5.74) is 1.23. The molecule has 0 aliphatic heterocycles. The summed E-state index contributed by atoms with van der Waals surface area (Å²) in [5, 5.41) is 3.72. The van der Waals surface area contributed by atoms with Gasteiger partial charge in [-0.2, -0.15) is 9.36 Å². The molecule has 0 atom stereocenters. The van der Waals surface area contributed by atoms with Crippen LogP contribution in [0.1, 0.15) is 24.7 Å². The van der Waals surface area contributed by atoms with E-state index in [1.807, 2.05) is 31.3 Å². The lowest BCUT2D eigenvalue weighted by Gasteiger charge is -2.03. The lowest BCUT2D eigenvalue weighted by Crippen LogP contribution is -2.04. The van der Waals surface area contributed by atoms with Gasteiger partial charge in [0.25, 0.3) is 5.19 Å². The van der Waals surface area contributed by atoms with Gasteiger partial charge in [0.2, 0.25) is 0 Å². The SMILES string of the molecule is CCCc1nsc(Oc2ccc(CNC)cc2)n1. The zero-order chi connectivity index (χ0) is 12.8. The first-order valence-corrected chi connectivity index (χ1v) is 6.83. The number of aryl methyl sites for hydroxylation is 1.